The molecule has 0 aliphatic carbocycles. The van der Waals surface area contributed by atoms with E-state index in [1.807, 2.05) is 0 Å². The second kappa shape index (κ2) is 6.34. The standard InChI is InChI=1S/C13H21NO5/c1-9-7-14(8-11(19-9)13(16)17)12(15)6-10-4-2-3-5-18-10/h9-11H,2-8H2,1H3,(H,16,17)/t9-,10?,11+/m1/s1. The number of carboxylic acids is 1. The highest BCUT2D eigenvalue weighted by molar-refractivity contribution is 5.79. The summed E-state index contributed by atoms with van der Waals surface area (Å²) in [5.74, 6) is -1.05. The number of amides is 1. The van der Waals surface area contributed by atoms with Crippen molar-refractivity contribution in [1.29, 1.82) is 0 Å². The Morgan fingerprint density at radius 3 is 2.74 bits per heavy atom. The van der Waals surface area contributed by atoms with Gasteiger partial charge in [0.1, 0.15) is 0 Å². The normalized spacial score (nSPS) is 32.1. The fourth-order valence-corrected chi connectivity index (χ4v) is 2.58. The van der Waals surface area contributed by atoms with Crippen molar-refractivity contribution in [3.8, 4) is 0 Å². The molecule has 6 heteroatoms. The summed E-state index contributed by atoms with van der Waals surface area (Å²) in [7, 11) is 0. The first-order valence-electron chi connectivity index (χ1n) is 6.84. The molecular formula is C13H21NO5. The number of carboxylic acid groups (broad SMARTS) is 1. The summed E-state index contributed by atoms with van der Waals surface area (Å²) >= 11 is 0. The lowest BCUT2D eigenvalue weighted by Crippen LogP contribution is -2.52. The van der Waals surface area contributed by atoms with Crippen LogP contribution >= 0.6 is 0 Å². The Bertz CT molecular complexity index is 340. The summed E-state index contributed by atoms with van der Waals surface area (Å²) in [6, 6.07) is 0. The number of carbonyl (C=O) groups is 2. The van der Waals surface area contributed by atoms with E-state index in [0.29, 0.717) is 13.0 Å². The van der Waals surface area contributed by atoms with Crippen molar-refractivity contribution in [2.24, 2.45) is 0 Å². The van der Waals surface area contributed by atoms with Crippen LogP contribution in [0.2, 0.25) is 0 Å². The van der Waals surface area contributed by atoms with E-state index >= 15 is 0 Å². The summed E-state index contributed by atoms with van der Waals surface area (Å²) in [6.45, 7) is 3.09. The Morgan fingerprint density at radius 1 is 1.32 bits per heavy atom. The SMILES string of the molecule is C[C@@H]1CN(C(=O)CC2CCCCO2)C[C@@H](C(=O)O)O1. The zero-order valence-electron chi connectivity index (χ0n) is 11.2. The maximum absolute atomic E-state index is 12.2. The van der Waals surface area contributed by atoms with Gasteiger partial charge in [0.2, 0.25) is 5.91 Å². The van der Waals surface area contributed by atoms with Crippen molar-refractivity contribution in [2.45, 2.75) is 50.9 Å². The fourth-order valence-electron chi connectivity index (χ4n) is 2.58. The summed E-state index contributed by atoms with van der Waals surface area (Å²) in [4.78, 5) is 24.7. The molecule has 3 atom stereocenters. The van der Waals surface area contributed by atoms with Gasteiger partial charge in [-0.25, -0.2) is 4.79 Å². The molecule has 0 radical (unpaired) electrons. The molecule has 19 heavy (non-hydrogen) atoms. The van der Waals surface area contributed by atoms with E-state index in [2.05, 4.69) is 0 Å². The van der Waals surface area contributed by atoms with Gasteiger partial charge in [-0.1, -0.05) is 0 Å². The first-order valence-corrected chi connectivity index (χ1v) is 6.84. The van der Waals surface area contributed by atoms with Crippen LogP contribution in [0.15, 0.2) is 0 Å². The monoisotopic (exact) mass is 271 g/mol. The molecule has 1 unspecified atom stereocenters. The van der Waals surface area contributed by atoms with E-state index in [4.69, 9.17) is 14.6 Å². The molecule has 0 saturated carbocycles. The summed E-state index contributed by atoms with van der Waals surface area (Å²) < 4.78 is 10.8. The predicted octanol–water partition coefficient (Wildman–Crippen LogP) is 0.646. The van der Waals surface area contributed by atoms with E-state index in [1.54, 1.807) is 11.8 Å². The summed E-state index contributed by atoms with van der Waals surface area (Å²) in [5.41, 5.74) is 0. The molecule has 0 spiro atoms. The molecule has 2 saturated heterocycles. The molecular weight excluding hydrogens is 250 g/mol. The van der Waals surface area contributed by atoms with Crippen molar-refractivity contribution in [3.63, 3.8) is 0 Å². The van der Waals surface area contributed by atoms with Gasteiger partial charge >= 0.3 is 5.97 Å². The Morgan fingerprint density at radius 2 is 2.11 bits per heavy atom. The van der Waals surface area contributed by atoms with Crippen LogP contribution in [0.3, 0.4) is 0 Å². The van der Waals surface area contributed by atoms with Gasteiger partial charge in [0.05, 0.1) is 25.2 Å². The Labute approximate surface area is 112 Å². The molecule has 0 aromatic rings. The molecule has 0 bridgehead atoms. The largest absolute Gasteiger partial charge is 0.479 e. The minimum atomic E-state index is -1.02. The van der Waals surface area contributed by atoms with Crippen LogP contribution in [-0.2, 0) is 19.1 Å². The number of rotatable bonds is 3. The Balaban J connectivity index is 1.88. The highest BCUT2D eigenvalue weighted by atomic mass is 16.5. The van der Waals surface area contributed by atoms with Crippen LogP contribution in [0, 0.1) is 0 Å². The van der Waals surface area contributed by atoms with Crippen LogP contribution in [0.5, 0.6) is 0 Å². The molecule has 6 nitrogen and oxygen atoms in total. The van der Waals surface area contributed by atoms with Crippen molar-refractivity contribution in [1.82, 2.24) is 4.90 Å². The third-order valence-electron chi connectivity index (χ3n) is 3.56. The lowest BCUT2D eigenvalue weighted by Gasteiger charge is -2.36. The van der Waals surface area contributed by atoms with Crippen molar-refractivity contribution >= 4 is 11.9 Å². The van der Waals surface area contributed by atoms with Gasteiger partial charge in [0, 0.05) is 13.2 Å². The molecule has 2 rings (SSSR count). The maximum atomic E-state index is 12.2. The van der Waals surface area contributed by atoms with E-state index < -0.39 is 12.1 Å². The maximum Gasteiger partial charge on any atom is 0.334 e. The average Bonchev–Trinajstić information content (AvgIpc) is 2.39. The first kappa shape index (κ1) is 14.3. The Kier molecular flexibility index (Phi) is 4.76. The van der Waals surface area contributed by atoms with E-state index in [-0.39, 0.29) is 24.7 Å². The van der Waals surface area contributed by atoms with Crippen molar-refractivity contribution in [3.05, 3.63) is 0 Å². The van der Waals surface area contributed by atoms with Gasteiger partial charge in [-0.3, -0.25) is 4.79 Å². The molecule has 2 aliphatic heterocycles. The summed E-state index contributed by atoms with van der Waals surface area (Å²) in [5, 5.41) is 8.99. The van der Waals surface area contributed by atoms with Crippen LogP contribution in [-0.4, -0.2) is 59.9 Å². The van der Waals surface area contributed by atoms with E-state index in [9.17, 15) is 9.59 Å². The third-order valence-corrected chi connectivity index (χ3v) is 3.56. The van der Waals surface area contributed by atoms with E-state index in [1.165, 1.54) is 0 Å². The van der Waals surface area contributed by atoms with Crippen LogP contribution in [0.25, 0.3) is 0 Å². The van der Waals surface area contributed by atoms with Crippen LogP contribution < -0.4 is 0 Å². The first-order chi connectivity index (χ1) is 9.06. The molecule has 0 aromatic heterocycles. The Hall–Kier alpha value is -1.14. The average molecular weight is 271 g/mol. The third kappa shape index (κ3) is 3.91. The number of nitrogens with zero attached hydrogens (tertiary/aromatic N) is 1. The second-order valence-electron chi connectivity index (χ2n) is 5.27. The van der Waals surface area contributed by atoms with Crippen molar-refractivity contribution in [2.75, 3.05) is 19.7 Å². The highest BCUT2D eigenvalue weighted by Gasteiger charge is 2.33. The van der Waals surface area contributed by atoms with Gasteiger partial charge in [-0.2, -0.15) is 0 Å². The molecule has 0 aromatic carbocycles. The van der Waals surface area contributed by atoms with Crippen LogP contribution in [0.1, 0.15) is 32.6 Å². The molecule has 1 N–H and O–H groups in total. The number of ether oxygens (including phenoxy) is 2. The zero-order valence-corrected chi connectivity index (χ0v) is 11.2. The number of morpholine rings is 1. The van der Waals surface area contributed by atoms with Crippen molar-refractivity contribution < 1.29 is 24.2 Å². The van der Waals surface area contributed by atoms with Crippen LogP contribution in [0.4, 0.5) is 0 Å². The lowest BCUT2D eigenvalue weighted by molar-refractivity contribution is -0.167. The predicted molar refractivity (Wildman–Crippen MR) is 66.8 cm³/mol. The topological polar surface area (TPSA) is 76.1 Å². The highest BCUT2D eigenvalue weighted by Crippen LogP contribution is 2.18. The van der Waals surface area contributed by atoms with Gasteiger partial charge in [-0.15, -0.1) is 0 Å². The number of carbonyl (C=O) groups excluding carboxylic acids is 1. The smallest absolute Gasteiger partial charge is 0.334 e. The minimum Gasteiger partial charge on any atom is -0.479 e. The lowest BCUT2D eigenvalue weighted by atomic mass is 10.1. The number of aliphatic carboxylic acids is 1. The minimum absolute atomic E-state index is 0.0114. The van der Waals surface area contributed by atoms with Gasteiger partial charge in [0.15, 0.2) is 6.10 Å². The van der Waals surface area contributed by atoms with Gasteiger partial charge in [0.25, 0.3) is 0 Å². The van der Waals surface area contributed by atoms with E-state index in [0.717, 1.165) is 25.9 Å². The molecule has 2 heterocycles. The quantitative estimate of drug-likeness (QED) is 0.815. The fraction of sp³-hybridized carbons (Fsp3) is 0.846. The number of hydrogen-bond acceptors (Lipinski definition) is 4. The second-order valence-corrected chi connectivity index (χ2v) is 5.27. The van der Waals surface area contributed by atoms with Gasteiger partial charge < -0.3 is 19.5 Å². The molecule has 2 aliphatic rings. The molecule has 1 amide bonds. The summed E-state index contributed by atoms with van der Waals surface area (Å²) in [6.07, 6.45) is 2.23. The number of hydrogen-bond donors (Lipinski definition) is 1. The zero-order chi connectivity index (χ0) is 13.8. The molecule has 2 fully saturated rings. The molecule has 108 valence electrons. The van der Waals surface area contributed by atoms with Gasteiger partial charge in [-0.05, 0) is 26.2 Å².